The summed E-state index contributed by atoms with van der Waals surface area (Å²) >= 11 is 0. The number of carbonyl (C=O) groups is 2. The predicted octanol–water partition coefficient (Wildman–Crippen LogP) is 0.387. The van der Waals surface area contributed by atoms with Crippen molar-refractivity contribution >= 4 is 11.7 Å². The van der Waals surface area contributed by atoms with Crippen molar-refractivity contribution in [3.05, 3.63) is 0 Å². The molecule has 1 aliphatic rings. The molecule has 1 saturated carbocycles. The Morgan fingerprint density at radius 2 is 2.00 bits per heavy atom. The number of aliphatic hydroxyl groups is 1. The molecule has 80 valence electrons. The van der Waals surface area contributed by atoms with Crippen LogP contribution in [0.15, 0.2) is 0 Å². The topological polar surface area (TPSA) is 66.4 Å². The first kappa shape index (κ1) is 11.2. The number of ketones is 1. The Morgan fingerprint density at radius 1 is 1.36 bits per heavy atom. The second-order valence-electron chi connectivity index (χ2n) is 4.04. The largest absolute Gasteiger partial charge is 0.394 e. The Balaban J connectivity index is 2.28. The van der Waals surface area contributed by atoms with Gasteiger partial charge in [0.15, 0.2) is 0 Å². The molecule has 0 heterocycles. The molecule has 0 aromatic rings. The van der Waals surface area contributed by atoms with E-state index in [-0.39, 0.29) is 36.7 Å². The van der Waals surface area contributed by atoms with Gasteiger partial charge in [0.2, 0.25) is 5.91 Å². The Labute approximate surface area is 83.7 Å². The molecular formula is C10H17NO3. The summed E-state index contributed by atoms with van der Waals surface area (Å²) in [7, 11) is 0. The van der Waals surface area contributed by atoms with Gasteiger partial charge < -0.3 is 15.2 Å². The van der Waals surface area contributed by atoms with Crippen molar-refractivity contribution < 1.29 is 14.7 Å². The van der Waals surface area contributed by atoms with Crippen molar-refractivity contribution in [1.29, 1.82) is 0 Å². The first-order chi connectivity index (χ1) is 6.58. The predicted molar refractivity (Wildman–Crippen MR) is 51.7 cm³/mol. The van der Waals surface area contributed by atoms with E-state index in [2.05, 4.69) is 5.32 Å². The second-order valence-corrected chi connectivity index (χ2v) is 4.04. The molecule has 4 nitrogen and oxygen atoms in total. The molecule has 0 atom stereocenters. The van der Waals surface area contributed by atoms with Gasteiger partial charge in [0.05, 0.1) is 12.1 Å². The Kier molecular flexibility index (Phi) is 3.63. The van der Waals surface area contributed by atoms with Gasteiger partial charge in [0, 0.05) is 12.8 Å². The fourth-order valence-electron chi connectivity index (χ4n) is 1.57. The van der Waals surface area contributed by atoms with E-state index in [0.717, 1.165) is 19.3 Å². The van der Waals surface area contributed by atoms with Crippen LogP contribution < -0.4 is 5.32 Å². The van der Waals surface area contributed by atoms with Crippen molar-refractivity contribution in [2.24, 2.45) is 0 Å². The Morgan fingerprint density at radius 3 is 2.36 bits per heavy atom. The molecule has 2 N–H and O–H groups in total. The molecule has 14 heavy (non-hydrogen) atoms. The number of aliphatic hydroxyl groups excluding tert-OH is 1. The van der Waals surface area contributed by atoms with Crippen molar-refractivity contribution in [3.63, 3.8) is 0 Å². The lowest BCUT2D eigenvalue weighted by atomic mass is 9.77. The fourth-order valence-corrected chi connectivity index (χ4v) is 1.57. The average Bonchev–Trinajstić information content (AvgIpc) is 2.08. The molecule has 1 rings (SSSR count). The highest BCUT2D eigenvalue weighted by atomic mass is 16.3. The number of carbonyl (C=O) groups excluding carboxylic acids is 2. The van der Waals surface area contributed by atoms with Gasteiger partial charge in [-0.15, -0.1) is 0 Å². The third-order valence-corrected chi connectivity index (χ3v) is 2.72. The molecule has 0 saturated heterocycles. The monoisotopic (exact) mass is 199 g/mol. The first-order valence-electron chi connectivity index (χ1n) is 4.99. The molecule has 1 amide bonds. The highest BCUT2D eigenvalue weighted by molar-refractivity contribution is 5.83. The molecule has 1 fully saturated rings. The number of nitrogens with one attached hydrogen (secondary N) is 1. The molecule has 0 aromatic carbocycles. The lowest BCUT2D eigenvalue weighted by molar-refractivity contribution is -0.127. The Hall–Kier alpha value is -0.900. The van der Waals surface area contributed by atoms with E-state index in [1.165, 1.54) is 6.92 Å². The van der Waals surface area contributed by atoms with Crippen LogP contribution in [0.25, 0.3) is 0 Å². The number of amides is 1. The zero-order valence-electron chi connectivity index (χ0n) is 8.51. The van der Waals surface area contributed by atoms with Gasteiger partial charge in [-0.25, -0.2) is 0 Å². The molecule has 1 aliphatic carbocycles. The first-order valence-corrected chi connectivity index (χ1v) is 4.99. The summed E-state index contributed by atoms with van der Waals surface area (Å²) in [5.74, 6) is -0.110. The maximum absolute atomic E-state index is 11.3. The molecule has 0 radical (unpaired) electrons. The normalized spacial score (nSPS) is 18.4. The second kappa shape index (κ2) is 4.55. The molecule has 0 unspecified atom stereocenters. The highest BCUT2D eigenvalue weighted by Crippen LogP contribution is 2.31. The highest BCUT2D eigenvalue weighted by Gasteiger charge is 2.37. The zero-order chi connectivity index (χ0) is 10.6. The van der Waals surface area contributed by atoms with Crippen LogP contribution in [-0.2, 0) is 9.59 Å². The third-order valence-electron chi connectivity index (χ3n) is 2.72. The van der Waals surface area contributed by atoms with Gasteiger partial charge in [-0.05, 0) is 26.2 Å². The van der Waals surface area contributed by atoms with E-state index in [1.807, 2.05) is 0 Å². The van der Waals surface area contributed by atoms with E-state index in [0.29, 0.717) is 0 Å². The zero-order valence-corrected chi connectivity index (χ0v) is 8.51. The van der Waals surface area contributed by atoms with Gasteiger partial charge >= 0.3 is 0 Å². The average molecular weight is 199 g/mol. The minimum Gasteiger partial charge on any atom is -0.394 e. The van der Waals surface area contributed by atoms with Gasteiger partial charge in [0.1, 0.15) is 5.78 Å². The lowest BCUT2D eigenvalue weighted by Crippen LogP contribution is -2.56. The summed E-state index contributed by atoms with van der Waals surface area (Å²) in [6.07, 6.45) is 3.25. The van der Waals surface area contributed by atoms with Crippen molar-refractivity contribution in [3.8, 4) is 0 Å². The number of Topliss-reactive ketones (excluding diaryl/α,β-unsaturated/α-hetero) is 1. The van der Waals surface area contributed by atoms with E-state index in [4.69, 9.17) is 5.11 Å². The maximum Gasteiger partial charge on any atom is 0.220 e. The summed E-state index contributed by atoms with van der Waals surface area (Å²) in [4.78, 5) is 22.0. The van der Waals surface area contributed by atoms with Crippen LogP contribution in [0.5, 0.6) is 0 Å². The fraction of sp³-hybridized carbons (Fsp3) is 0.800. The van der Waals surface area contributed by atoms with Crippen LogP contribution >= 0.6 is 0 Å². The minimum atomic E-state index is -0.381. The van der Waals surface area contributed by atoms with Gasteiger partial charge in [-0.2, -0.15) is 0 Å². The summed E-state index contributed by atoms with van der Waals surface area (Å²) < 4.78 is 0. The lowest BCUT2D eigenvalue weighted by Gasteiger charge is -2.40. The molecule has 0 aliphatic heterocycles. The van der Waals surface area contributed by atoms with Crippen LogP contribution in [0.2, 0.25) is 0 Å². The molecule has 4 heteroatoms. The van der Waals surface area contributed by atoms with Crippen molar-refractivity contribution in [1.82, 2.24) is 5.32 Å². The van der Waals surface area contributed by atoms with Crippen molar-refractivity contribution in [2.45, 2.75) is 44.6 Å². The molecular weight excluding hydrogens is 182 g/mol. The standard InChI is InChI=1S/C10H17NO3/c1-8(13)3-4-9(14)11-10(7-12)5-2-6-10/h12H,2-7H2,1H3,(H,11,14). The summed E-state index contributed by atoms with van der Waals surface area (Å²) in [5, 5.41) is 11.9. The number of hydrogen-bond donors (Lipinski definition) is 2. The molecule has 0 aromatic heterocycles. The van der Waals surface area contributed by atoms with Crippen LogP contribution in [0.3, 0.4) is 0 Å². The minimum absolute atomic E-state index is 0.00118. The number of rotatable bonds is 5. The number of hydrogen-bond acceptors (Lipinski definition) is 3. The van der Waals surface area contributed by atoms with E-state index < -0.39 is 0 Å². The van der Waals surface area contributed by atoms with Crippen LogP contribution in [-0.4, -0.2) is 28.9 Å². The summed E-state index contributed by atoms with van der Waals surface area (Å²) in [5.41, 5.74) is -0.381. The quantitative estimate of drug-likeness (QED) is 0.673. The molecule has 0 spiro atoms. The van der Waals surface area contributed by atoms with Crippen LogP contribution in [0.4, 0.5) is 0 Å². The van der Waals surface area contributed by atoms with Crippen molar-refractivity contribution in [2.75, 3.05) is 6.61 Å². The van der Waals surface area contributed by atoms with Gasteiger partial charge in [-0.3, -0.25) is 4.79 Å². The summed E-state index contributed by atoms with van der Waals surface area (Å²) in [6.45, 7) is 1.47. The van der Waals surface area contributed by atoms with E-state index >= 15 is 0 Å². The van der Waals surface area contributed by atoms with Gasteiger partial charge in [-0.1, -0.05) is 0 Å². The van der Waals surface area contributed by atoms with Crippen LogP contribution in [0, 0.1) is 0 Å². The smallest absolute Gasteiger partial charge is 0.220 e. The van der Waals surface area contributed by atoms with Gasteiger partial charge in [0.25, 0.3) is 0 Å². The molecule has 0 bridgehead atoms. The van der Waals surface area contributed by atoms with E-state index in [1.54, 1.807) is 0 Å². The van der Waals surface area contributed by atoms with Crippen LogP contribution in [0.1, 0.15) is 39.0 Å². The third kappa shape index (κ3) is 2.80. The SMILES string of the molecule is CC(=O)CCC(=O)NC1(CO)CCC1. The Bertz CT molecular complexity index is 228. The summed E-state index contributed by atoms with van der Waals surface area (Å²) in [6, 6.07) is 0. The van der Waals surface area contributed by atoms with E-state index in [9.17, 15) is 9.59 Å². The maximum atomic E-state index is 11.3.